The van der Waals surface area contributed by atoms with Crippen LogP contribution in [-0.2, 0) is 4.74 Å². The van der Waals surface area contributed by atoms with Crippen LogP contribution in [0.3, 0.4) is 0 Å². The summed E-state index contributed by atoms with van der Waals surface area (Å²) in [5.41, 5.74) is 1.16. The molecule has 1 fully saturated rings. The van der Waals surface area contributed by atoms with Gasteiger partial charge in [0.15, 0.2) is 11.5 Å². The minimum atomic E-state index is 0.166. The van der Waals surface area contributed by atoms with Gasteiger partial charge in [-0.05, 0) is 37.5 Å². The molecule has 3 unspecified atom stereocenters. The Morgan fingerprint density at radius 3 is 2.50 bits per heavy atom. The van der Waals surface area contributed by atoms with E-state index < -0.39 is 0 Å². The lowest BCUT2D eigenvalue weighted by atomic mass is 10.0. The van der Waals surface area contributed by atoms with Crippen molar-refractivity contribution >= 4 is 31.9 Å². The quantitative estimate of drug-likeness (QED) is 0.672. The summed E-state index contributed by atoms with van der Waals surface area (Å²) >= 11 is 7.43. The van der Waals surface area contributed by atoms with E-state index in [2.05, 4.69) is 44.8 Å². The Bertz CT molecular complexity index is 492. The maximum absolute atomic E-state index is 5.96. The lowest BCUT2D eigenvalue weighted by Gasteiger charge is -2.21. The summed E-state index contributed by atoms with van der Waals surface area (Å²) < 4.78 is 18.5. The highest BCUT2D eigenvalue weighted by molar-refractivity contribution is 9.11. The first-order valence-corrected chi connectivity index (χ1v) is 8.74. The molecule has 1 saturated heterocycles. The van der Waals surface area contributed by atoms with Gasteiger partial charge >= 0.3 is 0 Å². The van der Waals surface area contributed by atoms with Crippen LogP contribution in [0.4, 0.5) is 0 Å². The molecule has 0 aliphatic carbocycles. The molecule has 0 amide bonds. The van der Waals surface area contributed by atoms with Crippen LogP contribution in [0.15, 0.2) is 16.6 Å². The van der Waals surface area contributed by atoms with Crippen LogP contribution in [0.1, 0.15) is 36.6 Å². The van der Waals surface area contributed by atoms with Crippen molar-refractivity contribution in [3.63, 3.8) is 0 Å². The summed E-state index contributed by atoms with van der Waals surface area (Å²) in [4.78, 5) is 0.166. The predicted molar refractivity (Wildman–Crippen MR) is 85.0 cm³/mol. The monoisotopic (exact) mass is 404 g/mol. The van der Waals surface area contributed by atoms with Crippen LogP contribution in [0, 0.1) is 0 Å². The second kappa shape index (κ2) is 6.24. The topological polar surface area (TPSA) is 27.7 Å². The highest BCUT2D eigenvalue weighted by Crippen LogP contribution is 2.43. The maximum Gasteiger partial charge on any atom is 0.162 e. The maximum atomic E-state index is 5.96. The first-order valence-electron chi connectivity index (χ1n) is 7.03. The zero-order chi connectivity index (χ0) is 14.1. The average Bonchev–Trinajstić information content (AvgIpc) is 2.73. The molecule has 0 bridgehead atoms. The fraction of sp³-hybridized carbons (Fsp3) is 0.600. The molecular formula is C15H18Br2O3. The molecule has 1 aromatic carbocycles. The molecule has 110 valence electrons. The second-order valence-electron chi connectivity index (χ2n) is 5.34. The third-order valence-electron chi connectivity index (χ3n) is 3.76. The third kappa shape index (κ3) is 3.00. The van der Waals surface area contributed by atoms with Gasteiger partial charge in [0, 0.05) is 10.9 Å². The van der Waals surface area contributed by atoms with E-state index in [4.69, 9.17) is 14.2 Å². The minimum absolute atomic E-state index is 0.166. The zero-order valence-corrected chi connectivity index (χ0v) is 14.6. The van der Waals surface area contributed by atoms with Gasteiger partial charge in [-0.2, -0.15) is 0 Å². The standard InChI is InChI=1S/C15H18Br2O3/c1-9-3-4-12(20-9)15(17)10-7-13-14(8-11(10)16)19-6-2-5-18-13/h7-9,12,15H,2-6H2,1H3. The smallest absolute Gasteiger partial charge is 0.162 e. The number of hydrogen-bond acceptors (Lipinski definition) is 3. The molecule has 3 atom stereocenters. The number of rotatable bonds is 2. The highest BCUT2D eigenvalue weighted by atomic mass is 79.9. The molecule has 0 aromatic heterocycles. The van der Waals surface area contributed by atoms with Gasteiger partial charge in [0.25, 0.3) is 0 Å². The van der Waals surface area contributed by atoms with Crippen molar-refractivity contribution in [2.45, 2.75) is 43.2 Å². The summed E-state index contributed by atoms with van der Waals surface area (Å²) in [6.45, 7) is 3.54. The van der Waals surface area contributed by atoms with E-state index in [-0.39, 0.29) is 10.9 Å². The largest absolute Gasteiger partial charge is 0.490 e. The Balaban J connectivity index is 1.87. The van der Waals surface area contributed by atoms with Crippen molar-refractivity contribution in [1.29, 1.82) is 0 Å². The number of benzene rings is 1. The van der Waals surface area contributed by atoms with Gasteiger partial charge in [-0.3, -0.25) is 0 Å². The Morgan fingerprint density at radius 2 is 1.85 bits per heavy atom. The van der Waals surface area contributed by atoms with Crippen molar-refractivity contribution in [1.82, 2.24) is 0 Å². The van der Waals surface area contributed by atoms with E-state index >= 15 is 0 Å². The van der Waals surface area contributed by atoms with Gasteiger partial charge in [-0.1, -0.05) is 31.9 Å². The molecule has 2 aliphatic rings. The second-order valence-corrected chi connectivity index (χ2v) is 7.18. The fourth-order valence-electron chi connectivity index (χ4n) is 2.66. The van der Waals surface area contributed by atoms with E-state index in [1.54, 1.807) is 0 Å². The van der Waals surface area contributed by atoms with Crippen LogP contribution < -0.4 is 9.47 Å². The summed E-state index contributed by atoms with van der Waals surface area (Å²) in [7, 11) is 0. The van der Waals surface area contributed by atoms with Crippen LogP contribution >= 0.6 is 31.9 Å². The van der Waals surface area contributed by atoms with E-state index in [9.17, 15) is 0 Å². The molecule has 2 heterocycles. The van der Waals surface area contributed by atoms with Gasteiger partial charge in [-0.25, -0.2) is 0 Å². The Morgan fingerprint density at radius 1 is 1.15 bits per heavy atom. The summed E-state index contributed by atoms with van der Waals surface area (Å²) in [6.07, 6.45) is 3.68. The van der Waals surface area contributed by atoms with Crippen molar-refractivity contribution in [2.75, 3.05) is 13.2 Å². The molecular weight excluding hydrogens is 388 g/mol. The zero-order valence-electron chi connectivity index (χ0n) is 11.4. The van der Waals surface area contributed by atoms with Gasteiger partial charge < -0.3 is 14.2 Å². The van der Waals surface area contributed by atoms with Gasteiger partial charge in [0.2, 0.25) is 0 Å². The number of fused-ring (bicyclic) bond motifs is 1. The molecule has 2 aliphatic heterocycles. The molecule has 20 heavy (non-hydrogen) atoms. The van der Waals surface area contributed by atoms with E-state index in [1.165, 1.54) is 0 Å². The Kier molecular flexibility index (Phi) is 4.58. The molecule has 0 N–H and O–H groups in total. The van der Waals surface area contributed by atoms with Crippen molar-refractivity contribution in [3.05, 3.63) is 22.2 Å². The fourth-order valence-corrected chi connectivity index (χ4v) is 4.30. The normalized spacial score (nSPS) is 27.1. The van der Waals surface area contributed by atoms with Crippen molar-refractivity contribution in [3.8, 4) is 11.5 Å². The highest BCUT2D eigenvalue weighted by Gasteiger charge is 2.31. The number of alkyl halides is 1. The predicted octanol–water partition coefficient (Wildman–Crippen LogP) is 4.61. The van der Waals surface area contributed by atoms with Crippen LogP contribution in [0.5, 0.6) is 11.5 Å². The minimum Gasteiger partial charge on any atom is -0.490 e. The molecule has 1 aromatic rings. The van der Waals surface area contributed by atoms with E-state index in [1.807, 2.05) is 6.07 Å². The van der Waals surface area contributed by atoms with Crippen molar-refractivity contribution in [2.24, 2.45) is 0 Å². The molecule has 0 spiro atoms. The summed E-state index contributed by atoms with van der Waals surface area (Å²) in [5.74, 6) is 1.65. The molecule has 5 heteroatoms. The number of halogens is 2. The van der Waals surface area contributed by atoms with Crippen LogP contribution in [0.25, 0.3) is 0 Å². The molecule has 0 radical (unpaired) electrons. The lowest BCUT2D eigenvalue weighted by Crippen LogP contribution is -2.15. The summed E-state index contributed by atoms with van der Waals surface area (Å²) in [5, 5.41) is 0. The van der Waals surface area contributed by atoms with Crippen molar-refractivity contribution < 1.29 is 14.2 Å². The van der Waals surface area contributed by atoms with Crippen LogP contribution in [0.2, 0.25) is 0 Å². The van der Waals surface area contributed by atoms with Crippen LogP contribution in [-0.4, -0.2) is 25.4 Å². The molecule has 3 nitrogen and oxygen atoms in total. The Hall–Kier alpha value is -0.260. The SMILES string of the molecule is CC1CCC(C(Br)c2cc3c(cc2Br)OCCCO3)O1. The van der Waals surface area contributed by atoms with E-state index in [0.29, 0.717) is 19.3 Å². The Labute approximate surface area is 136 Å². The van der Waals surface area contributed by atoms with Gasteiger partial charge in [-0.15, -0.1) is 0 Å². The lowest BCUT2D eigenvalue weighted by molar-refractivity contribution is 0.0555. The first-order chi connectivity index (χ1) is 9.65. The van der Waals surface area contributed by atoms with Gasteiger partial charge in [0.05, 0.1) is 30.2 Å². The summed E-state index contributed by atoms with van der Waals surface area (Å²) in [6, 6.07) is 4.07. The third-order valence-corrected chi connectivity index (χ3v) is 5.52. The average molecular weight is 406 g/mol. The first kappa shape index (κ1) is 14.7. The molecule has 0 saturated carbocycles. The molecule has 3 rings (SSSR count). The van der Waals surface area contributed by atoms with Gasteiger partial charge in [0.1, 0.15) is 0 Å². The number of ether oxygens (including phenoxy) is 3. The number of hydrogen-bond donors (Lipinski definition) is 0. The van der Waals surface area contributed by atoms with E-state index in [0.717, 1.165) is 40.8 Å².